The highest BCUT2D eigenvalue weighted by atomic mass is 19.1. The fourth-order valence-electron chi connectivity index (χ4n) is 2.79. The average molecular weight is 340 g/mol. The number of anilines is 2. The number of benzene rings is 2. The van der Waals surface area contributed by atoms with Crippen molar-refractivity contribution in [2.24, 2.45) is 5.92 Å². The first-order valence-electron chi connectivity index (χ1n) is 7.92. The van der Waals surface area contributed by atoms with Gasteiger partial charge in [0.2, 0.25) is 11.8 Å². The van der Waals surface area contributed by atoms with Crippen LogP contribution in [-0.4, -0.2) is 24.1 Å². The number of rotatable bonds is 4. The number of carbonyl (C=O) groups is 3. The topological polar surface area (TPSA) is 66.5 Å². The van der Waals surface area contributed by atoms with Gasteiger partial charge in [-0.15, -0.1) is 0 Å². The third kappa shape index (κ3) is 3.74. The molecule has 5 nitrogen and oxygen atoms in total. The van der Waals surface area contributed by atoms with Crippen LogP contribution in [-0.2, 0) is 9.59 Å². The molecule has 0 radical (unpaired) electrons. The number of nitrogens with one attached hydrogen (secondary N) is 1. The fraction of sp³-hybridized carbons (Fsp3) is 0.211. The Kier molecular flexibility index (Phi) is 4.61. The van der Waals surface area contributed by atoms with E-state index in [0.717, 1.165) is 0 Å². The minimum absolute atomic E-state index is 0.0470. The van der Waals surface area contributed by atoms with Gasteiger partial charge in [-0.2, -0.15) is 0 Å². The molecule has 2 amide bonds. The smallest absolute Gasteiger partial charge is 0.229 e. The number of amides is 2. The first-order valence-corrected chi connectivity index (χ1v) is 7.92. The minimum Gasteiger partial charge on any atom is -0.326 e. The maximum absolute atomic E-state index is 13.0. The first-order chi connectivity index (χ1) is 11.9. The van der Waals surface area contributed by atoms with Gasteiger partial charge < -0.3 is 10.2 Å². The SMILES string of the molecule is CC(=O)c1ccc(NC(=O)C2CC(=O)N(c3ccc(F)cc3)C2)cc1. The van der Waals surface area contributed by atoms with Crippen LogP contribution in [0.3, 0.4) is 0 Å². The molecule has 1 unspecified atom stereocenters. The summed E-state index contributed by atoms with van der Waals surface area (Å²) in [6, 6.07) is 12.2. The zero-order chi connectivity index (χ0) is 18.0. The van der Waals surface area contributed by atoms with Gasteiger partial charge in [0.1, 0.15) is 5.82 Å². The Balaban J connectivity index is 1.66. The molecule has 3 rings (SSSR count). The van der Waals surface area contributed by atoms with Crippen molar-refractivity contribution >= 4 is 29.0 Å². The Bertz CT molecular complexity index is 816. The summed E-state index contributed by atoms with van der Waals surface area (Å²) in [6.07, 6.45) is 0.106. The molecule has 1 heterocycles. The summed E-state index contributed by atoms with van der Waals surface area (Å²) in [4.78, 5) is 37.3. The van der Waals surface area contributed by atoms with Crippen LogP contribution in [0.5, 0.6) is 0 Å². The molecule has 1 atom stereocenters. The van der Waals surface area contributed by atoms with Gasteiger partial charge >= 0.3 is 0 Å². The second kappa shape index (κ2) is 6.84. The van der Waals surface area contributed by atoms with Crippen LogP contribution >= 0.6 is 0 Å². The van der Waals surface area contributed by atoms with Crippen molar-refractivity contribution in [1.82, 2.24) is 0 Å². The number of halogens is 1. The van der Waals surface area contributed by atoms with E-state index in [2.05, 4.69) is 5.32 Å². The van der Waals surface area contributed by atoms with Gasteiger partial charge in [-0.3, -0.25) is 14.4 Å². The largest absolute Gasteiger partial charge is 0.326 e. The van der Waals surface area contributed by atoms with Crippen LogP contribution in [0.2, 0.25) is 0 Å². The fourth-order valence-corrected chi connectivity index (χ4v) is 2.79. The van der Waals surface area contributed by atoms with Crippen molar-refractivity contribution in [3.8, 4) is 0 Å². The van der Waals surface area contributed by atoms with E-state index < -0.39 is 5.92 Å². The van der Waals surface area contributed by atoms with Crippen molar-refractivity contribution in [2.75, 3.05) is 16.8 Å². The summed E-state index contributed by atoms with van der Waals surface area (Å²) in [5.74, 6) is -1.33. The lowest BCUT2D eigenvalue weighted by molar-refractivity contribution is -0.122. The number of hydrogen-bond donors (Lipinski definition) is 1. The summed E-state index contributed by atoms with van der Waals surface area (Å²) in [5.41, 5.74) is 1.71. The maximum atomic E-state index is 13.0. The Hall–Kier alpha value is -3.02. The van der Waals surface area contributed by atoms with Gasteiger partial charge in [0.15, 0.2) is 5.78 Å². The molecule has 25 heavy (non-hydrogen) atoms. The van der Waals surface area contributed by atoms with Gasteiger partial charge in [-0.25, -0.2) is 4.39 Å². The molecular weight excluding hydrogens is 323 g/mol. The molecule has 0 aromatic heterocycles. The highest BCUT2D eigenvalue weighted by molar-refractivity contribution is 6.03. The molecule has 1 aliphatic rings. The van der Waals surface area contributed by atoms with Crippen molar-refractivity contribution in [3.63, 3.8) is 0 Å². The van der Waals surface area contributed by atoms with E-state index in [-0.39, 0.29) is 36.4 Å². The number of carbonyl (C=O) groups excluding carboxylic acids is 3. The molecule has 1 N–H and O–H groups in total. The average Bonchev–Trinajstić information content (AvgIpc) is 2.98. The number of Topliss-reactive ketones (excluding diaryl/α,β-unsaturated/α-hetero) is 1. The molecule has 0 bridgehead atoms. The van der Waals surface area contributed by atoms with E-state index in [1.165, 1.54) is 36.1 Å². The molecule has 2 aromatic rings. The Morgan fingerprint density at radius 1 is 1.08 bits per heavy atom. The lowest BCUT2D eigenvalue weighted by atomic mass is 10.1. The van der Waals surface area contributed by atoms with Crippen LogP contribution in [0.4, 0.5) is 15.8 Å². The zero-order valence-corrected chi connectivity index (χ0v) is 13.7. The van der Waals surface area contributed by atoms with Crippen LogP contribution in [0.25, 0.3) is 0 Å². The van der Waals surface area contributed by atoms with Gasteiger partial charge in [0, 0.05) is 29.9 Å². The summed E-state index contributed by atoms with van der Waals surface area (Å²) in [6.45, 7) is 1.73. The quantitative estimate of drug-likeness (QED) is 0.870. The first kappa shape index (κ1) is 16.8. The van der Waals surface area contributed by atoms with E-state index in [0.29, 0.717) is 16.9 Å². The summed E-state index contributed by atoms with van der Waals surface area (Å²) in [5, 5.41) is 2.76. The molecule has 1 fully saturated rings. The van der Waals surface area contributed by atoms with Crippen LogP contribution in [0.1, 0.15) is 23.7 Å². The number of nitrogens with zero attached hydrogens (tertiary/aromatic N) is 1. The van der Waals surface area contributed by atoms with Crippen molar-refractivity contribution in [3.05, 3.63) is 59.9 Å². The van der Waals surface area contributed by atoms with E-state index >= 15 is 0 Å². The monoisotopic (exact) mass is 340 g/mol. The molecule has 0 spiro atoms. The highest BCUT2D eigenvalue weighted by Gasteiger charge is 2.35. The third-order valence-corrected chi connectivity index (χ3v) is 4.19. The zero-order valence-electron chi connectivity index (χ0n) is 13.7. The second-order valence-electron chi connectivity index (χ2n) is 6.00. The summed E-state index contributed by atoms with van der Waals surface area (Å²) < 4.78 is 13.0. The minimum atomic E-state index is -0.481. The van der Waals surface area contributed by atoms with Crippen LogP contribution in [0.15, 0.2) is 48.5 Å². The lowest BCUT2D eigenvalue weighted by Crippen LogP contribution is -2.28. The van der Waals surface area contributed by atoms with Gasteiger partial charge in [-0.1, -0.05) is 0 Å². The molecule has 1 aliphatic heterocycles. The lowest BCUT2D eigenvalue weighted by Gasteiger charge is -2.16. The molecular formula is C19H17FN2O3. The Labute approximate surface area is 144 Å². The maximum Gasteiger partial charge on any atom is 0.229 e. The molecule has 128 valence electrons. The van der Waals surface area contributed by atoms with Gasteiger partial charge in [0.05, 0.1) is 5.92 Å². The van der Waals surface area contributed by atoms with Crippen molar-refractivity contribution < 1.29 is 18.8 Å². The predicted molar refractivity (Wildman–Crippen MR) is 91.9 cm³/mol. The number of ketones is 1. The van der Waals surface area contributed by atoms with Gasteiger partial charge in [0.25, 0.3) is 0 Å². The molecule has 2 aromatic carbocycles. The van der Waals surface area contributed by atoms with E-state index in [1.807, 2.05) is 0 Å². The van der Waals surface area contributed by atoms with E-state index in [1.54, 1.807) is 24.3 Å². The Morgan fingerprint density at radius 3 is 2.32 bits per heavy atom. The van der Waals surface area contributed by atoms with Crippen LogP contribution < -0.4 is 10.2 Å². The molecule has 6 heteroatoms. The van der Waals surface area contributed by atoms with Crippen molar-refractivity contribution in [2.45, 2.75) is 13.3 Å². The standard InChI is InChI=1S/C19H17FN2O3/c1-12(23)13-2-6-16(7-3-13)21-19(25)14-10-18(24)22(11-14)17-8-4-15(20)5-9-17/h2-9,14H,10-11H2,1H3,(H,21,25). The Morgan fingerprint density at radius 2 is 1.72 bits per heavy atom. The molecule has 1 saturated heterocycles. The molecule has 0 aliphatic carbocycles. The highest BCUT2D eigenvalue weighted by Crippen LogP contribution is 2.26. The summed E-state index contributed by atoms with van der Waals surface area (Å²) in [7, 11) is 0. The third-order valence-electron chi connectivity index (χ3n) is 4.19. The van der Waals surface area contributed by atoms with E-state index in [4.69, 9.17) is 0 Å². The van der Waals surface area contributed by atoms with Crippen LogP contribution in [0, 0.1) is 11.7 Å². The normalized spacial score (nSPS) is 16.8. The molecule has 0 saturated carbocycles. The van der Waals surface area contributed by atoms with Crippen molar-refractivity contribution in [1.29, 1.82) is 0 Å². The predicted octanol–water partition coefficient (Wildman–Crippen LogP) is 3.02. The second-order valence-corrected chi connectivity index (χ2v) is 6.00. The summed E-state index contributed by atoms with van der Waals surface area (Å²) >= 11 is 0. The van der Waals surface area contributed by atoms with E-state index in [9.17, 15) is 18.8 Å². The van der Waals surface area contributed by atoms with Gasteiger partial charge in [-0.05, 0) is 55.5 Å². The number of hydrogen-bond acceptors (Lipinski definition) is 3.